The van der Waals surface area contributed by atoms with Crippen molar-refractivity contribution in [1.29, 1.82) is 0 Å². The molecule has 0 bridgehead atoms. The highest BCUT2D eigenvalue weighted by molar-refractivity contribution is 5.96. The minimum atomic E-state index is -0.492. The maximum Gasteiger partial charge on any atom is 0.287 e. The molecular formula is C19H18FNO3. The number of para-hydroxylation sites is 1. The third kappa shape index (κ3) is 3.46. The van der Waals surface area contributed by atoms with E-state index in [2.05, 4.69) is 5.32 Å². The standard InChI is InChI=1S/C19H18FNO3/c20-16-8-4-7-14-11-17(24-18(14)16)19(23)21-12-15(9-10-22)13-5-2-1-3-6-13/h1-8,11,15,22H,9-10,12H2,(H,21,23). The quantitative estimate of drug-likeness (QED) is 0.729. The minimum absolute atomic E-state index is 0.00117. The molecule has 1 heterocycles. The van der Waals surface area contributed by atoms with Crippen LogP contribution in [0, 0.1) is 5.82 Å². The number of aliphatic hydroxyl groups is 1. The maximum atomic E-state index is 13.6. The maximum absolute atomic E-state index is 13.6. The molecule has 0 radical (unpaired) electrons. The second kappa shape index (κ2) is 7.27. The van der Waals surface area contributed by atoms with Gasteiger partial charge in [-0.15, -0.1) is 0 Å². The van der Waals surface area contributed by atoms with Gasteiger partial charge in [0, 0.05) is 24.5 Å². The molecule has 0 aliphatic carbocycles. The average molecular weight is 327 g/mol. The van der Waals surface area contributed by atoms with Gasteiger partial charge in [-0.3, -0.25) is 4.79 Å². The summed E-state index contributed by atoms with van der Waals surface area (Å²) in [5.74, 6) is -0.814. The molecule has 1 atom stereocenters. The Hall–Kier alpha value is -2.66. The predicted molar refractivity (Wildman–Crippen MR) is 89.4 cm³/mol. The summed E-state index contributed by atoms with van der Waals surface area (Å²) in [4.78, 5) is 12.3. The lowest BCUT2D eigenvalue weighted by Gasteiger charge is -2.16. The van der Waals surface area contributed by atoms with Crippen molar-refractivity contribution < 1.29 is 18.7 Å². The molecule has 0 saturated carbocycles. The molecule has 3 aromatic rings. The molecule has 2 aromatic carbocycles. The number of aliphatic hydroxyl groups excluding tert-OH is 1. The van der Waals surface area contributed by atoms with E-state index in [-0.39, 0.29) is 23.9 Å². The topological polar surface area (TPSA) is 62.5 Å². The number of benzene rings is 2. The summed E-state index contributed by atoms with van der Waals surface area (Å²) < 4.78 is 19.0. The van der Waals surface area contributed by atoms with Crippen molar-refractivity contribution in [2.24, 2.45) is 0 Å². The van der Waals surface area contributed by atoms with Gasteiger partial charge in [-0.1, -0.05) is 42.5 Å². The van der Waals surface area contributed by atoms with Crippen LogP contribution >= 0.6 is 0 Å². The Morgan fingerprint density at radius 1 is 1.17 bits per heavy atom. The van der Waals surface area contributed by atoms with Crippen molar-refractivity contribution in [2.45, 2.75) is 12.3 Å². The number of halogens is 1. The zero-order valence-electron chi connectivity index (χ0n) is 13.0. The van der Waals surface area contributed by atoms with E-state index in [1.165, 1.54) is 12.1 Å². The normalized spacial score (nSPS) is 12.2. The number of amides is 1. The van der Waals surface area contributed by atoms with Crippen LogP contribution in [0.5, 0.6) is 0 Å². The van der Waals surface area contributed by atoms with Gasteiger partial charge in [0.25, 0.3) is 5.91 Å². The van der Waals surface area contributed by atoms with E-state index < -0.39 is 11.7 Å². The molecule has 0 aliphatic rings. The van der Waals surface area contributed by atoms with Crippen LogP contribution in [-0.2, 0) is 0 Å². The summed E-state index contributed by atoms with van der Waals surface area (Å²) in [5.41, 5.74) is 1.13. The zero-order chi connectivity index (χ0) is 16.9. The van der Waals surface area contributed by atoms with Gasteiger partial charge >= 0.3 is 0 Å². The van der Waals surface area contributed by atoms with Crippen LogP contribution in [0.3, 0.4) is 0 Å². The van der Waals surface area contributed by atoms with E-state index in [4.69, 9.17) is 4.42 Å². The molecule has 1 amide bonds. The van der Waals surface area contributed by atoms with Crippen LogP contribution in [-0.4, -0.2) is 24.2 Å². The Morgan fingerprint density at radius 2 is 1.96 bits per heavy atom. The number of carbonyl (C=O) groups is 1. The fraction of sp³-hybridized carbons (Fsp3) is 0.211. The predicted octanol–water partition coefficient (Wildman–Crippen LogP) is 3.47. The molecule has 0 spiro atoms. The first-order chi connectivity index (χ1) is 11.7. The second-order valence-electron chi connectivity index (χ2n) is 5.60. The molecule has 124 valence electrons. The molecule has 4 nitrogen and oxygen atoms in total. The Balaban J connectivity index is 1.72. The van der Waals surface area contributed by atoms with Gasteiger partial charge in [-0.2, -0.15) is 0 Å². The van der Waals surface area contributed by atoms with Crippen LogP contribution in [0.25, 0.3) is 11.0 Å². The Kier molecular flexibility index (Phi) is 4.91. The van der Waals surface area contributed by atoms with E-state index in [0.717, 1.165) is 5.56 Å². The van der Waals surface area contributed by atoms with Gasteiger partial charge in [0.2, 0.25) is 0 Å². The summed E-state index contributed by atoms with van der Waals surface area (Å²) in [6.07, 6.45) is 0.541. The average Bonchev–Trinajstić information content (AvgIpc) is 3.05. The van der Waals surface area contributed by atoms with Gasteiger partial charge in [0.1, 0.15) is 0 Å². The van der Waals surface area contributed by atoms with Crippen molar-refractivity contribution in [2.75, 3.05) is 13.2 Å². The number of hydrogen-bond acceptors (Lipinski definition) is 3. The molecular weight excluding hydrogens is 309 g/mol. The van der Waals surface area contributed by atoms with Gasteiger partial charge in [-0.25, -0.2) is 4.39 Å². The van der Waals surface area contributed by atoms with Gasteiger partial charge in [0.15, 0.2) is 17.2 Å². The highest BCUT2D eigenvalue weighted by Crippen LogP contribution is 2.22. The lowest BCUT2D eigenvalue weighted by atomic mass is 9.96. The largest absolute Gasteiger partial charge is 0.448 e. The van der Waals surface area contributed by atoms with Crippen molar-refractivity contribution in [3.63, 3.8) is 0 Å². The highest BCUT2D eigenvalue weighted by atomic mass is 19.1. The summed E-state index contributed by atoms with van der Waals surface area (Å²) in [7, 11) is 0. The Bertz CT molecular complexity index is 829. The minimum Gasteiger partial charge on any atom is -0.448 e. The van der Waals surface area contributed by atoms with Crippen LogP contribution in [0.4, 0.5) is 4.39 Å². The number of furan rings is 1. The van der Waals surface area contributed by atoms with E-state index in [9.17, 15) is 14.3 Å². The molecule has 0 fully saturated rings. The first-order valence-electron chi connectivity index (χ1n) is 7.81. The number of nitrogens with one attached hydrogen (secondary N) is 1. The van der Waals surface area contributed by atoms with Gasteiger partial charge < -0.3 is 14.8 Å². The molecule has 0 aliphatic heterocycles. The summed E-state index contributed by atoms with van der Waals surface area (Å²) in [6, 6.07) is 15.8. The molecule has 2 N–H and O–H groups in total. The second-order valence-corrected chi connectivity index (χ2v) is 5.60. The fourth-order valence-electron chi connectivity index (χ4n) is 2.71. The van der Waals surface area contributed by atoms with E-state index >= 15 is 0 Å². The van der Waals surface area contributed by atoms with Crippen molar-refractivity contribution >= 4 is 16.9 Å². The number of hydrogen-bond donors (Lipinski definition) is 2. The van der Waals surface area contributed by atoms with Crippen LogP contribution in [0.15, 0.2) is 59.0 Å². The van der Waals surface area contributed by atoms with Gasteiger partial charge in [0.05, 0.1) is 0 Å². The smallest absolute Gasteiger partial charge is 0.287 e. The van der Waals surface area contributed by atoms with E-state index in [1.807, 2.05) is 30.3 Å². The monoisotopic (exact) mass is 327 g/mol. The first-order valence-corrected chi connectivity index (χ1v) is 7.81. The lowest BCUT2D eigenvalue weighted by molar-refractivity contribution is 0.0923. The first kappa shape index (κ1) is 16.2. The summed E-state index contributed by atoms with van der Waals surface area (Å²) in [6.45, 7) is 0.397. The molecule has 5 heteroatoms. The van der Waals surface area contributed by atoms with E-state index in [0.29, 0.717) is 18.4 Å². The zero-order valence-corrected chi connectivity index (χ0v) is 13.0. The summed E-state index contributed by atoms with van der Waals surface area (Å²) >= 11 is 0. The number of rotatable bonds is 6. The summed E-state index contributed by atoms with van der Waals surface area (Å²) in [5, 5.41) is 12.6. The fourth-order valence-corrected chi connectivity index (χ4v) is 2.71. The number of fused-ring (bicyclic) bond motifs is 1. The molecule has 1 aromatic heterocycles. The highest BCUT2D eigenvalue weighted by Gasteiger charge is 2.17. The SMILES string of the molecule is O=C(NCC(CCO)c1ccccc1)c1cc2cccc(F)c2o1. The Labute approximate surface area is 138 Å². The molecule has 3 rings (SSSR count). The van der Waals surface area contributed by atoms with Gasteiger partial charge in [-0.05, 0) is 24.1 Å². The van der Waals surface area contributed by atoms with Crippen LogP contribution < -0.4 is 5.32 Å². The van der Waals surface area contributed by atoms with Crippen LogP contribution in [0.2, 0.25) is 0 Å². The van der Waals surface area contributed by atoms with Crippen molar-refractivity contribution in [1.82, 2.24) is 5.32 Å². The van der Waals surface area contributed by atoms with Crippen molar-refractivity contribution in [3.8, 4) is 0 Å². The third-order valence-corrected chi connectivity index (χ3v) is 3.98. The number of carbonyl (C=O) groups excluding carboxylic acids is 1. The van der Waals surface area contributed by atoms with Crippen LogP contribution in [0.1, 0.15) is 28.5 Å². The third-order valence-electron chi connectivity index (χ3n) is 3.98. The lowest BCUT2D eigenvalue weighted by Crippen LogP contribution is -2.28. The Morgan fingerprint density at radius 3 is 2.67 bits per heavy atom. The van der Waals surface area contributed by atoms with Crippen molar-refractivity contribution in [3.05, 3.63) is 71.7 Å². The van der Waals surface area contributed by atoms with E-state index in [1.54, 1.807) is 12.1 Å². The molecule has 24 heavy (non-hydrogen) atoms. The molecule has 1 unspecified atom stereocenters. The molecule has 0 saturated heterocycles.